The average molecular weight is 925 g/mol. The van der Waals surface area contributed by atoms with Crippen LogP contribution < -0.4 is 0 Å². The summed E-state index contributed by atoms with van der Waals surface area (Å²) in [5.41, 5.74) is -16.8. The van der Waals surface area contributed by atoms with E-state index in [0.29, 0.717) is 0 Å². The van der Waals surface area contributed by atoms with Crippen molar-refractivity contribution in [1.29, 1.82) is 0 Å². The van der Waals surface area contributed by atoms with Gasteiger partial charge in [-0.15, -0.1) is 0 Å². The van der Waals surface area contributed by atoms with Gasteiger partial charge in [0.2, 0.25) is 0 Å². The first-order valence-electron chi connectivity index (χ1n) is 19.1. The molecule has 0 spiro atoms. The molecule has 64 heavy (non-hydrogen) atoms. The van der Waals surface area contributed by atoms with Crippen molar-refractivity contribution in [2.75, 3.05) is 0 Å². The Morgan fingerprint density at radius 2 is 0.625 bits per heavy atom. The number of carbonyl (C=O) groups excluding carboxylic acids is 9. The molecule has 0 heterocycles. The van der Waals surface area contributed by atoms with Gasteiger partial charge in [0.25, 0.3) is 0 Å². The molecule has 6 atom stereocenters. The maximum atomic E-state index is 14.3. The third-order valence-corrected chi connectivity index (χ3v) is 14.3. The summed E-state index contributed by atoms with van der Waals surface area (Å²) in [6.45, 7) is 0. The van der Waals surface area contributed by atoms with Crippen LogP contribution in [0.1, 0.15) is 62.1 Å². The van der Waals surface area contributed by atoms with Gasteiger partial charge >= 0.3 is 365 Å². The summed E-state index contributed by atoms with van der Waals surface area (Å²) in [5.74, 6) is -12.4. The molecule has 0 fully saturated rings. The van der Waals surface area contributed by atoms with Crippen LogP contribution >= 0.6 is 0 Å². The topological polar surface area (TPSA) is 303 Å². The fourth-order valence-electron chi connectivity index (χ4n) is 8.49. The Morgan fingerprint density at radius 1 is 0.406 bits per heavy atom. The van der Waals surface area contributed by atoms with Gasteiger partial charge in [0.15, 0.2) is 0 Å². The van der Waals surface area contributed by atoms with Crippen LogP contribution in [0.15, 0.2) is 143 Å². The molecule has 18 nitrogen and oxygen atoms in total. The molecular formula is C45H27GaO18. The fourth-order valence-corrected chi connectivity index (χ4v) is 11.0. The molecule has 0 aliphatic heterocycles. The van der Waals surface area contributed by atoms with Gasteiger partial charge in [-0.1, -0.05) is 0 Å². The van der Waals surface area contributed by atoms with Crippen molar-refractivity contribution in [3.63, 3.8) is 0 Å². The summed E-state index contributed by atoms with van der Waals surface area (Å²) in [5, 5.41) is 69.3. The fraction of sp³-hybridized carbons (Fsp3) is 0.133. The normalized spacial score (nSPS) is 27.6. The molecule has 0 aromatic heterocycles. The van der Waals surface area contributed by atoms with Crippen molar-refractivity contribution in [2.45, 2.75) is 35.1 Å². The molecule has 3 aromatic rings. The minimum absolute atomic E-state index is 0.137. The number of aliphatic hydroxyl groups is 6. The summed E-state index contributed by atoms with van der Waals surface area (Å²) >= 11 is -6.09. The van der Waals surface area contributed by atoms with Gasteiger partial charge in [0.1, 0.15) is 0 Å². The van der Waals surface area contributed by atoms with E-state index < -0.39 is 138 Å². The number of hydrogen-bond acceptors (Lipinski definition) is 18. The maximum absolute atomic E-state index is 14.3. The van der Waals surface area contributed by atoms with Crippen LogP contribution in [-0.2, 0) is 25.0 Å². The number of fused-ring (bicyclic) bond motifs is 3. The number of rotatable bonds is 6. The second-order valence-electron chi connectivity index (χ2n) is 15.2. The minimum atomic E-state index is -6.09. The Bertz CT molecular complexity index is 2690. The molecule has 3 aromatic carbocycles. The van der Waals surface area contributed by atoms with Crippen molar-refractivity contribution in [1.82, 2.24) is 0 Å². The molecule has 0 radical (unpaired) electrons. The quantitative estimate of drug-likeness (QED) is 0.173. The third-order valence-electron chi connectivity index (χ3n) is 11.8. The van der Waals surface area contributed by atoms with E-state index >= 15 is 0 Å². The van der Waals surface area contributed by atoms with Crippen LogP contribution in [0.5, 0.6) is 0 Å². The summed E-state index contributed by atoms with van der Waals surface area (Å²) < 4.78 is 15.9. The standard InChI is InChI=1S/3C15H10O6.Ga/c3*16-10-6-5-9-11(15(10,21)14(19)20)13(18)8-4-2-1-3-7(8)12(9)17;/h3*1-6,10,16,21H,(H,19,20);/q;;;+3/p-3. The molecule has 19 heteroatoms. The number of aliphatic hydroxyl groups excluding tert-OH is 3. The van der Waals surface area contributed by atoms with Crippen molar-refractivity contribution >= 4 is 69.9 Å². The van der Waals surface area contributed by atoms with E-state index in [1.165, 1.54) is 72.8 Å². The first kappa shape index (κ1) is 42.2. The van der Waals surface area contributed by atoms with Crippen LogP contribution in [0.3, 0.4) is 0 Å². The van der Waals surface area contributed by atoms with E-state index in [2.05, 4.69) is 0 Å². The molecule has 0 bridgehead atoms. The Hall–Kier alpha value is -7.07. The van der Waals surface area contributed by atoms with Crippen LogP contribution in [0, 0.1) is 0 Å². The van der Waals surface area contributed by atoms with Crippen molar-refractivity contribution < 1.29 is 84.4 Å². The number of Topliss-reactive ketones (excluding diaryl/α,β-unsaturated/α-hetero) is 6. The Kier molecular flexibility index (Phi) is 9.74. The van der Waals surface area contributed by atoms with Gasteiger partial charge in [0, 0.05) is 0 Å². The van der Waals surface area contributed by atoms with Crippen LogP contribution in [0.4, 0.5) is 0 Å². The van der Waals surface area contributed by atoms with Crippen LogP contribution in [0.2, 0.25) is 0 Å². The van der Waals surface area contributed by atoms with Crippen molar-refractivity contribution in [3.05, 3.63) is 176 Å². The number of benzene rings is 3. The van der Waals surface area contributed by atoms with Crippen LogP contribution in [0.25, 0.3) is 0 Å². The predicted molar refractivity (Wildman–Crippen MR) is 211 cm³/mol. The van der Waals surface area contributed by atoms with Crippen molar-refractivity contribution in [3.8, 4) is 0 Å². The molecule has 6 unspecified atom stereocenters. The molecule has 6 aliphatic carbocycles. The van der Waals surface area contributed by atoms with E-state index in [1.807, 2.05) is 0 Å². The van der Waals surface area contributed by atoms with Gasteiger partial charge in [-0.3, -0.25) is 0 Å². The second-order valence-corrected chi connectivity index (χ2v) is 17.9. The molecule has 6 N–H and O–H groups in total. The molecule has 318 valence electrons. The molecule has 0 saturated heterocycles. The predicted octanol–water partition coefficient (Wildman–Crippen LogP) is -0.286. The SMILES string of the molecule is O=C1C2=C(C(=O)c3ccccc31)C(O)(C(=O)[O][Ga]([O]C(=O)C1(O)C3=C(C=CC1O)C(=O)c1ccccc1C3=O)[O]C(=O)C1(O)C3=C(C=CC1O)C(=O)c1ccccc1C3=O)C(O)C=C2. The first-order chi connectivity index (χ1) is 30.4. The number of allylic oxidation sites excluding steroid dienone is 6. The van der Waals surface area contributed by atoms with E-state index in [0.717, 1.165) is 36.5 Å². The van der Waals surface area contributed by atoms with E-state index in [1.54, 1.807) is 0 Å². The Labute approximate surface area is 364 Å². The van der Waals surface area contributed by atoms with E-state index in [9.17, 15) is 73.8 Å². The summed E-state index contributed by atoms with van der Waals surface area (Å²) in [6, 6.07) is 15.8. The number of ketones is 6. The molecule has 9 rings (SSSR count). The molecule has 0 amide bonds. The van der Waals surface area contributed by atoms with E-state index in [-0.39, 0.29) is 33.4 Å². The summed E-state index contributed by atoms with van der Waals surface area (Å²) in [6.07, 6.45) is -2.12. The van der Waals surface area contributed by atoms with Crippen molar-refractivity contribution in [2.24, 2.45) is 0 Å². The molecule has 0 saturated carbocycles. The van der Waals surface area contributed by atoms with Crippen LogP contribution in [-0.4, -0.2) is 136 Å². The van der Waals surface area contributed by atoms with Gasteiger partial charge in [-0.2, -0.15) is 0 Å². The average Bonchev–Trinajstić information content (AvgIpc) is 3.29. The zero-order valence-corrected chi connectivity index (χ0v) is 34.7. The number of carbonyl (C=O) groups is 9. The summed E-state index contributed by atoms with van der Waals surface area (Å²) in [7, 11) is 0. The number of hydrogen-bond donors (Lipinski definition) is 6. The summed E-state index contributed by atoms with van der Waals surface area (Å²) in [4.78, 5) is 125. The Balaban J connectivity index is 1.13. The second kappa shape index (κ2) is 14.8. The van der Waals surface area contributed by atoms with Gasteiger partial charge in [-0.05, 0) is 0 Å². The molecule has 6 aliphatic rings. The Morgan fingerprint density at radius 3 is 0.859 bits per heavy atom. The van der Waals surface area contributed by atoms with E-state index in [4.69, 9.17) is 10.6 Å². The first-order valence-corrected chi connectivity index (χ1v) is 22.0. The third kappa shape index (κ3) is 5.73. The molecular weight excluding hydrogens is 898 g/mol. The van der Waals surface area contributed by atoms with Gasteiger partial charge in [0.05, 0.1) is 0 Å². The zero-order chi connectivity index (χ0) is 45.8. The zero-order valence-electron chi connectivity index (χ0n) is 32.3. The van der Waals surface area contributed by atoms with Gasteiger partial charge < -0.3 is 0 Å². The van der Waals surface area contributed by atoms with Gasteiger partial charge in [-0.25, -0.2) is 0 Å². The monoisotopic (exact) mass is 924 g/mol.